The highest BCUT2D eigenvalue weighted by Gasteiger charge is 2.23. The average Bonchev–Trinajstić information content (AvgIpc) is 2.78. The highest BCUT2D eigenvalue weighted by atomic mass is 16.5. The summed E-state index contributed by atoms with van der Waals surface area (Å²) in [5.41, 5.74) is 2.38. The fourth-order valence-corrected chi connectivity index (χ4v) is 2.11. The summed E-state index contributed by atoms with van der Waals surface area (Å²) in [7, 11) is 0. The van der Waals surface area contributed by atoms with E-state index in [-0.39, 0.29) is 0 Å². The number of hydrogen-bond donors (Lipinski definition) is 1. The quantitative estimate of drug-likeness (QED) is 0.762. The molecule has 19 heavy (non-hydrogen) atoms. The van der Waals surface area contributed by atoms with E-state index in [0.29, 0.717) is 19.3 Å². The average molecular weight is 261 g/mol. The lowest BCUT2D eigenvalue weighted by Gasteiger charge is -2.11. The van der Waals surface area contributed by atoms with Gasteiger partial charge in [0.2, 0.25) is 0 Å². The Morgan fingerprint density at radius 2 is 2.37 bits per heavy atom. The van der Waals surface area contributed by atoms with Crippen molar-refractivity contribution in [3.8, 4) is 11.5 Å². The number of hydrogen-bond acceptors (Lipinski definition) is 3. The molecule has 0 aromatic heterocycles. The Bertz CT molecular complexity index is 442. The molecule has 1 aromatic carbocycles. The van der Waals surface area contributed by atoms with Crippen molar-refractivity contribution in [2.75, 3.05) is 19.8 Å². The van der Waals surface area contributed by atoms with E-state index in [9.17, 15) is 0 Å². The number of ether oxygens (including phenoxy) is 2. The van der Waals surface area contributed by atoms with Crippen molar-refractivity contribution in [1.82, 2.24) is 5.32 Å². The van der Waals surface area contributed by atoms with E-state index in [1.165, 1.54) is 5.56 Å². The van der Waals surface area contributed by atoms with Crippen LogP contribution in [-0.2, 0) is 0 Å². The fraction of sp³-hybridized carbons (Fsp3) is 0.500. The molecule has 0 aliphatic carbocycles. The smallest absolute Gasteiger partial charge is 0.127 e. The molecule has 1 atom stereocenters. The molecule has 1 aliphatic rings. The molecule has 0 amide bonds. The molecule has 0 saturated carbocycles. The second-order valence-corrected chi connectivity index (χ2v) is 5.07. The van der Waals surface area contributed by atoms with E-state index < -0.39 is 0 Å². The first-order valence-electron chi connectivity index (χ1n) is 6.98. The molecule has 0 radical (unpaired) electrons. The summed E-state index contributed by atoms with van der Waals surface area (Å²) in [5, 5.41) is 3.49. The number of rotatable bonds is 7. The maximum atomic E-state index is 5.72. The van der Waals surface area contributed by atoms with Gasteiger partial charge in [-0.05, 0) is 32.0 Å². The minimum absolute atomic E-state index is 0.319. The summed E-state index contributed by atoms with van der Waals surface area (Å²) in [6, 6.07) is 6.43. The number of fused-ring (bicyclic) bond motifs is 1. The van der Waals surface area contributed by atoms with Crippen molar-refractivity contribution < 1.29 is 9.47 Å². The Morgan fingerprint density at radius 1 is 1.53 bits per heavy atom. The van der Waals surface area contributed by atoms with Crippen LogP contribution in [0.15, 0.2) is 30.4 Å². The highest BCUT2D eigenvalue weighted by molar-refractivity contribution is 5.45. The van der Waals surface area contributed by atoms with Crippen molar-refractivity contribution in [3.05, 3.63) is 35.9 Å². The van der Waals surface area contributed by atoms with Gasteiger partial charge < -0.3 is 14.8 Å². The van der Waals surface area contributed by atoms with E-state index in [1.54, 1.807) is 0 Å². The maximum Gasteiger partial charge on any atom is 0.127 e. The number of benzene rings is 1. The Kier molecular flexibility index (Phi) is 4.86. The van der Waals surface area contributed by atoms with Crippen LogP contribution >= 0.6 is 0 Å². The van der Waals surface area contributed by atoms with E-state index in [0.717, 1.165) is 36.5 Å². The van der Waals surface area contributed by atoms with Gasteiger partial charge in [0.25, 0.3) is 0 Å². The molecular formula is C16H23NO2. The van der Waals surface area contributed by atoms with Gasteiger partial charge in [-0.3, -0.25) is 0 Å². The first-order valence-corrected chi connectivity index (χ1v) is 6.98. The Morgan fingerprint density at radius 3 is 3.11 bits per heavy atom. The largest absolute Gasteiger partial charge is 0.493 e. The summed E-state index contributed by atoms with van der Waals surface area (Å²) < 4.78 is 11.4. The predicted octanol–water partition coefficient (Wildman–Crippen LogP) is 3.46. The van der Waals surface area contributed by atoms with Gasteiger partial charge in [-0.15, -0.1) is 6.58 Å². The molecule has 1 aliphatic heterocycles. The number of nitrogens with one attached hydrogen (secondary N) is 1. The first-order chi connectivity index (χ1) is 9.20. The zero-order valence-electron chi connectivity index (χ0n) is 11.9. The lowest BCUT2D eigenvalue weighted by Crippen LogP contribution is -2.22. The molecule has 3 nitrogen and oxygen atoms in total. The maximum absolute atomic E-state index is 5.72. The van der Waals surface area contributed by atoms with Gasteiger partial charge in [0.1, 0.15) is 18.1 Å². The fourth-order valence-electron chi connectivity index (χ4n) is 2.11. The SMILES string of the molecule is C=C(C)CCOc1ccc2c(c1)OCC2NCCC. The first kappa shape index (κ1) is 13.9. The zero-order valence-corrected chi connectivity index (χ0v) is 11.9. The summed E-state index contributed by atoms with van der Waals surface area (Å²) in [6.07, 6.45) is 2.02. The minimum atomic E-state index is 0.319. The Balaban J connectivity index is 1.95. The van der Waals surface area contributed by atoms with Gasteiger partial charge in [-0.2, -0.15) is 0 Å². The van der Waals surface area contributed by atoms with Crippen LogP contribution in [-0.4, -0.2) is 19.8 Å². The standard InChI is InChI=1S/C16H23NO2/c1-4-8-17-15-11-19-16-10-13(5-6-14(15)16)18-9-7-12(2)3/h5-6,10,15,17H,2,4,7-9,11H2,1,3H3. The van der Waals surface area contributed by atoms with Gasteiger partial charge in [0.15, 0.2) is 0 Å². The van der Waals surface area contributed by atoms with Crippen molar-refractivity contribution >= 4 is 0 Å². The van der Waals surface area contributed by atoms with Crippen LogP contribution in [0.4, 0.5) is 0 Å². The van der Waals surface area contributed by atoms with Crippen molar-refractivity contribution in [3.63, 3.8) is 0 Å². The van der Waals surface area contributed by atoms with Crippen molar-refractivity contribution in [2.45, 2.75) is 32.7 Å². The third-order valence-corrected chi connectivity index (χ3v) is 3.20. The molecule has 1 unspecified atom stereocenters. The van der Waals surface area contributed by atoms with Gasteiger partial charge in [0.05, 0.1) is 12.6 Å². The van der Waals surface area contributed by atoms with Crippen LogP contribution in [0.2, 0.25) is 0 Å². The second kappa shape index (κ2) is 6.62. The monoisotopic (exact) mass is 261 g/mol. The van der Waals surface area contributed by atoms with E-state index in [1.807, 2.05) is 19.1 Å². The lowest BCUT2D eigenvalue weighted by molar-refractivity contribution is 0.304. The molecule has 0 spiro atoms. The second-order valence-electron chi connectivity index (χ2n) is 5.07. The molecule has 1 aromatic rings. The zero-order chi connectivity index (χ0) is 13.7. The third-order valence-electron chi connectivity index (χ3n) is 3.20. The normalized spacial score (nSPS) is 16.8. The molecule has 104 valence electrons. The molecule has 3 heteroatoms. The molecule has 1 heterocycles. The van der Waals surface area contributed by atoms with Crippen LogP contribution in [0, 0.1) is 0 Å². The predicted molar refractivity (Wildman–Crippen MR) is 77.9 cm³/mol. The van der Waals surface area contributed by atoms with Crippen LogP contribution in [0.1, 0.15) is 38.3 Å². The third kappa shape index (κ3) is 3.74. The van der Waals surface area contributed by atoms with E-state index >= 15 is 0 Å². The van der Waals surface area contributed by atoms with Crippen LogP contribution in [0.5, 0.6) is 11.5 Å². The van der Waals surface area contributed by atoms with Crippen molar-refractivity contribution in [2.24, 2.45) is 0 Å². The molecule has 0 fully saturated rings. The van der Waals surface area contributed by atoms with Gasteiger partial charge in [-0.25, -0.2) is 0 Å². The molecule has 2 rings (SSSR count). The summed E-state index contributed by atoms with van der Waals surface area (Å²) in [4.78, 5) is 0. The summed E-state index contributed by atoms with van der Waals surface area (Å²) in [6.45, 7) is 10.5. The van der Waals surface area contributed by atoms with Crippen molar-refractivity contribution in [1.29, 1.82) is 0 Å². The molecule has 0 bridgehead atoms. The van der Waals surface area contributed by atoms with E-state index in [4.69, 9.17) is 9.47 Å². The highest BCUT2D eigenvalue weighted by Crippen LogP contribution is 2.35. The topological polar surface area (TPSA) is 30.5 Å². The summed E-state index contributed by atoms with van der Waals surface area (Å²) in [5.74, 6) is 1.82. The van der Waals surface area contributed by atoms with Gasteiger partial charge >= 0.3 is 0 Å². The van der Waals surface area contributed by atoms with Crippen LogP contribution in [0.25, 0.3) is 0 Å². The van der Waals surface area contributed by atoms with Gasteiger partial charge in [-0.1, -0.05) is 12.5 Å². The molecule has 1 N–H and O–H groups in total. The van der Waals surface area contributed by atoms with Gasteiger partial charge in [0, 0.05) is 18.1 Å². The molecular weight excluding hydrogens is 238 g/mol. The Labute approximate surface area is 115 Å². The lowest BCUT2D eigenvalue weighted by atomic mass is 10.1. The Hall–Kier alpha value is -1.48. The summed E-state index contributed by atoms with van der Waals surface area (Å²) >= 11 is 0. The van der Waals surface area contributed by atoms with E-state index in [2.05, 4.69) is 24.9 Å². The van der Waals surface area contributed by atoms with Crippen LogP contribution in [0.3, 0.4) is 0 Å². The minimum Gasteiger partial charge on any atom is -0.493 e. The molecule has 0 saturated heterocycles. The van der Waals surface area contributed by atoms with Crippen LogP contribution < -0.4 is 14.8 Å².